The predicted molar refractivity (Wildman–Crippen MR) is 82.4 cm³/mol. The molecule has 21 heavy (non-hydrogen) atoms. The lowest BCUT2D eigenvalue weighted by atomic mass is 10.1. The van der Waals surface area contributed by atoms with E-state index in [1.807, 2.05) is 26.0 Å². The van der Waals surface area contributed by atoms with Crippen LogP contribution in [0.2, 0.25) is 0 Å². The molecule has 2 rings (SSSR count). The van der Waals surface area contributed by atoms with Gasteiger partial charge in [0, 0.05) is 28.0 Å². The number of nitrogens with zero attached hydrogens (tertiary/aromatic N) is 4. The maximum atomic E-state index is 11.6. The third-order valence-corrected chi connectivity index (χ3v) is 4.25. The lowest BCUT2D eigenvalue weighted by molar-refractivity contribution is 0.341. The second-order valence-corrected chi connectivity index (χ2v) is 6.18. The fourth-order valence-corrected chi connectivity index (χ4v) is 2.60. The molecule has 0 saturated heterocycles. The van der Waals surface area contributed by atoms with Crippen molar-refractivity contribution in [1.29, 1.82) is 0 Å². The SMILES string of the molecule is CCOc1cccc(N)c1-c1nnnn1CCS(=O)CC. The zero-order valence-corrected chi connectivity index (χ0v) is 13.0. The van der Waals surface area contributed by atoms with Crippen LogP contribution in [0.1, 0.15) is 13.8 Å². The molecule has 7 nitrogen and oxygen atoms in total. The average Bonchev–Trinajstić information content (AvgIpc) is 2.93. The number of hydrogen-bond acceptors (Lipinski definition) is 6. The van der Waals surface area contributed by atoms with Crippen molar-refractivity contribution in [3.05, 3.63) is 18.2 Å². The summed E-state index contributed by atoms with van der Waals surface area (Å²) in [6.45, 7) is 4.79. The monoisotopic (exact) mass is 309 g/mol. The van der Waals surface area contributed by atoms with E-state index in [0.29, 0.717) is 47.5 Å². The highest BCUT2D eigenvalue weighted by atomic mass is 32.2. The van der Waals surface area contributed by atoms with Crippen LogP contribution in [0.3, 0.4) is 0 Å². The molecule has 0 fully saturated rings. The molecule has 8 heteroatoms. The zero-order valence-electron chi connectivity index (χ0n) is 12.2. The molecule has 0 saturated carbocycles. The lowest BCUT2D eigenvalue weighted by Crippen LogP contribution is -2.12. The van der Waals surface area contributed by atoms with E-state index in [9.17, 15) is 4.21 Å². The van der Waals surface area contributed by atoms with E-state index < -0.39 is 10.8 Å². The Morgan fingerprint density at radius 3 is 2.90 bits per heavy atom. The van der Waals surface area contributed by atoms with Crippen LogP contribution in [0.5, 0.6) is 5.75 Å². The van der Waals surface area contributed by atoms with Gasteiger partial charge in [-0.1, -0.05) is 13.0 Å². The number of anilines is 1. The number of aromatic nitrogens is 4. The van der Waals surface area contributed by atoms with Crippen molar-refractivity contribution in [1.82, 2.24) is 20.2 Å². The molecule has 0 aliphatic carbocycles. The number of nitrogen functional groups attached to an aromatic ring is 1. The van der Waals surface area contributed by atoms with Gasteiger partial charge in [0.2, 0.25) is 0 Å². The number of hydrogen-bond donors (Lipinski definition) is 1. The lowest BCUT2D eigenvalue weighted by Gasteiger charge is -2.12. The Balaban J connectivity index is 2.35. The molecule has 1 heterocycles. The van der Waals surface area contributed by atoms with E-state index in [1.165, 1.54) is 0 Å². The molecule has 1 atom stereocenters. The van der Waals surface area contributed by atoms with E-state index in [2.05, 4.69) is 15.5 Å². The summed E-state index contributed by atoms with van der Waals surface area (Å²) < 4.78 is 18.8. The van der Waals surface area contributed by atoms with Gasteiger partial charge in [-0.05, 0) is 29.5 Å². The Labute approximate surface area is 125 Å². The molecule has 1 unspecified atom stereocenters. The summed E-state index contributed by atoms with van der Waals surface area (Å²) in [5, 5.41) is 11.7. The molecule has 0 aliphatic rings. The number of rotatable bonds is 7. The highest BCUT2D eigenvalue weighted by molar-refractivity contribution is 7.84. The van der Waals surface area contributed by atoms with Gasteiger partial charge in [0.1, 0.15) is 5.75 Å². The molecule has 1 aromatic heterocycles. The van der Waals surface area contributed by atoms with Gasteiger partial charge in [0.25, 0.3) is 0 Å². The van der Waals surface area contributed by atoms with Gasteiger partial charge in [-0.2, -0.15) is 0 Å². The zero-order chi connectivity index (χ0) is 15.2. The molecule has 0 bridgehead atoms. The molecule has 0 spiro atoms. The number of tetrazole rings is 1. The fraction of sp³-hybridized carbons (Fsp3) is 0.462. The van der Waals surface area contributed by atoms with Gasteiger partial charge in [0.05, 0.1) is 18.7 Å². The summed E-state index contributed by atoms with van der Waals surface area (Å²) >= 11 is 0. The number of ether oxygens (including phenoxy) is 1. The van der Waals surface area contributed by atoms with Gasteiger partial charge >= 0.3 is 0 Å². The third kappa shape index (κ3) is 3.57. The van der Waals surface area contributed by atoms with Crippen LogP contribution in [0, 0.1) is 0 Å². The molecule has 0 amide bonds. The molecular formula is C13H19N5O2S. The fourth-order valence-electron chi connectivity index (χ4n) is 1.93. The summed E-state index contributed by atoms with van der Waals surface area (Å²) in [4.78, 5) is 0. The van der Waals surface area contributed by atoms with Crippen LogP contribution in [0.25, 0.3) is 11.4 Å². The number of nitrogens with two attached hydrogens (primary N) is 1. The summed E-state index contributed by atoms with van der Waals surface area (Å²) in [6.07, 6.45) is 0. The first-order valence-corrected chi connectivity index (χ1v) is 8.29. The number of aryl methyl sites for hydroxylation is 1. The van der Waals surface area contributed by atoms with E-state index in [4.69, 9.17) is 10.5 Å². The van der Waals surface area contributed by atoms with Crippen molar-refractivity contribution in [2.24, 2.45) is 0 Å². The second kappa shape index (κ2) is 7.16. The quantitative estimate of drug-likeness (QED) is 0.769. The molecule has 0 radical (unpaired) electrons. The first kappa shape index (κ1) is 15.4. The minimum Gasteiger partial charge on any atom is -0.493 e. The molecule has 114 valence electrons. The molecule has 2 N–H and O–H groups in total. The Kier molecular flexibility index (Phi) is 5.26. The second-order valence-electron chi connectivity index (χ2n) is 4.31. The normalized spacial score (nSPS) is 12.3. The smallest absolute Gasteiger partial charge is 0.187 e. The van der Waals surface area contributed by atoms with Crippen LogP contribution < -0.4 is 10.5 Å². The van der Waals surface area contributed by atoms with Crippen molar-refractivity contribution in [3.63, 3.8) is 0 Å². The highest BCUT2D eigenvalue weighted by Gasteiger charge is 2.17. The summed E-state index contributed by atoms with van der Waals surface area (Å²) in [5.41, 5.74) is 7.27. The largest absolute Gasteiger partial charge is 0.493 e. The van der Waals surface area contributed by atoms with Crippen LogP contribution in [-0.2, 0) is 17.3 Å². The van der Waals surface area contributed by atoms with Gasteiger partial charge in [0.15, 0.2) is 5.82 Å². The summed E-state index contributed by atoms with van der Waals surface area (Å²) in [7, 11) is -0.869. The standard InChI is InChI=1S/C13H19N5O2S/c1-3-20-11-7-5-6-10(14)12(11)13-15-16-17-18(13)8-9-21(19)4-2/h5-7H,3-4,8-9,14H2,1-2H3. The Hall–Kier alpha value is -1.96. The minimum absolute atomic E-state index is 0.475. The highest BCUT2D eigenvalue weighted by Crippen LogP contribution is 2.33. The Morgan fingerprint density at radius 2 is 2.19 bits per heavy atom. The third-order valence-electron chi connectivity index (χ3n) is 2.97. The summed E-state index contributed by atoms with van der Waals surface area (Å²) in [6, 6.07) is 5.43. The molecule has 2 aromatic rings. The van der Waals surface area contributed by atoms with Gasteiger partial charge in [-0.25, -0.2) is 4.68 Å². The summed E-state index contributed by atoms with van der Waals surface area (Å²) in [5.74, 6) is 2.30. The number of benzene rings is 1. The van der Waals surface area contributed by atoms with Gasteiger partial charge in [-0.15, -0.1) is 5.10 Å². The van der Waals surface area contributed by atoms with Crippen molar-refractivity contribution in [2.45, 2.75) is 20.4 Å². The van der Waals surface area contributed by atoms with Crippen LogP contribution >= 0.6 is 0 Å². The predicted octanol–water partition coefficient (Wildman–Crippen LogP) is 1.09. The van der Waals surface area contributed by atoms with E-state index in [1.54, 1.807) is 10.7 Å². The van der Waals surface area contributed by atoms with E-state index in [-0.39, 0.29) is 0 Å². The first-order chi connectivity index (χ1) is 10.2. The maximum Gasteiger partial charge on any atom is 0.187 e. The van der Waals surface area contributed by atoms with Crippen LogP contribution in [0.15, 0.2) is 18.2 Å². The Morgan fingerprint density at radius 1 is 1.38 bits per heavy atom. The van der Waals surface area contributed by atoms with Crippen LogP contribution in [-0.4, -0.2) is 42.5 Å². The topological polar surface area (TPSA) is 95.9 Å². The first-order valence-electron chi connectivity index (χ1n) is 6.80. The van der Waals surface area contributed by atoms with Crippen LogP contribution in [0.4, 0.5) is 5.69 Å². The van der Waals surface area contributed by atoms with Crippen molar-refractivity contribution < 1.29 is 8.95 Å². The van der Waals surface area contributed by atoms with Gasteiger partial charge in [-0.3, -0.25) is 4.21 Å². The van der Waals surface area contributed by atoms with Crippen molar-refractivity contribution >= 4 is 16.5 Å². The average molecular weight is 309 g/mol. The molecule has 1 aromatic carbocycles. The minimum atomic E-state index is -0.869. The van der Waals surface area contributed by atoms with Crippen molar-refractivity contribution in [3.8, 4) is 17.1 Å². The van der Waals surface area contributed by atoms with Gasteiger partial charge < -0.3 is 10.5 Å². The van der Waals surface area contributed by atoms with E-state index >= 15 is 0 Å². The molecular weight excluding hydrogens is 290 g/mol. The van der Waals surface area contributed by atoms with Crippen molar-refractivity contribution in [2.75, 3.05) is 23.8 Å². The van der Waals surface area contributed by atoms with E-state index in [0.717, 1.165) is 0 Å². The Bertz CT molecular complexity index is 629. The molecule has 0 aliphatic heterocycles. The maximum absolute atomic E-state index is 11.6.